The average Bonchev–Trinajstić information content (AvgIpc) is 1.48. The number of hydrogen-bond donors (Lipinski definition) is 0. The molecular weight excluding hydrogens is 969 g/mol. The second-order valence-corrected chi connectivity index (χ2v) is 21.8. The summed E-state index contributed by atoms with van der Waals surface area (Å²) >= 11 is 3.57. The van der Waals surface area contributed by atoms with Crippen LogP contribution in [0.4, 0.5) is 17.1 Å². The molecule has 12 aromatic carbocycles. The molecule has 2 aliphatic carbocycles. The van der Waals surface area contributed by atoms with Crippen LogP contribution < -0.4 is 4.90 Å². The lowest BCUT2D eigenvalue weighted by Gasteiger charge is -2.32. The Morgan fingerprint density at radius 2 is 0.792 bits per heavy atom. The minimum absolute atomic E-state index is 0.0623. The van der Waals surface area contributed by atoms with Crippen molar-refractivity contribution < 1.29 is 16.4 Å². The van der Waals surface area contributed by atoms with Gasteiger partial charge in [-0.3, -0.25) is 0 Å². The molecule has 0 bridgehead atoms. The van der Waals surface area contributed by atoms with Gasteiger partial charge in [0.15, 0.2) is 0 Å². The number of thiophene rings is 2. The zero-order valence-corrected chi connectivity index (χ0v) is 42.3. The van der Waals surface area contributed by atoms with E-state index >= 15 is 0 Å². The topological polar surface area (TPSA) is 8.17 Å². The fourth-order valence-corrected chi connectivity index (χ4v) is 15.2. The van der Waals surface area contributed by atoms with Crippen LogP contribution in [0.2, 0.25) is 0 Å². The standard InChI is InChI=1S/C73H44N2S2/c1-7-27-62-52(16-1)53-17-2-8-28-63(53)73(62)64-29-9-3-18-54(64)59-24-15-31-66(70(59)73)75-65-30-10-4-19-55(65)56-43-42-49(44-67(56)75)74(47-38-34-45(35-39-47)50-22-13-25-60-57-20-5-11-32-68(57)76-71(50)60)48-40-36-46(37-41-48)51-23-14-26-61-58-21-6-12-33-69(58)77-72(51)61/h1-44H/i1D,2D,3D,7D,8D,9D,16D,17D,18D,27D,28D,29D. The molecule has 0 atom stereocenters. The van der Waals surface area contributed by atoms with Crippen LogP contribution in [0, 0.1) is 0 Å². The van der Waals surface area contributed by atoms with E-state index in [9.17, 15) is 12.3 Å². The molecule has 0 saturated heterocycles. The minimum Gasteiger partial charge on any atom is -0.310 e. The molecule has 2 aliphatic rings. The van der Waals surface area contributed by atoms with E-state index in [0.29, 0.717) is 16.8 Å². The highest BCUT2D eigenvalue weighted by Gasteiger charge is 2.53. The van der Waals surface area contributed by atoms with E-state index in [-0.39, 0.29) is 38.9 Å². The lowest BCUT2D eigenvalue weighted by Crippen LogP contribution is -2.27. The molecule has 3 aromatic heterocycles. The molecule has 17 rings (SSSR count). The monoisotopic (exact) mass is 1020 g/mol. The molecule has 0 N–H and O–H groups in total. The van der Waals surface area contributed by atoms with Gasteiger partial charge in [-0.05, 0) is 122 Å². The first kappa shape index (κ1) is 32.9. The number of anilines is 3. The van der Waals surface area contributed by atoms with Crippen molar-refractivity contribution in [2.24, 2.45) is 0 Å². The van der Waals surface area contributed by atoms with Crippen molar-refractivity contribution >= 4 is 102 Å². The van der Waals surface area contributed by atoms with E-state index in [0.717, 1.165) is 55.6 Å². The summed E-state index contributed by atoms with van der Waals surface area (Å²) in [5.74, 6) is 0. The van der Waals surface area contributed by atoms with Crippen LogP contribution in [0.25, 0.3) is 112 Å². The molecule has 15 aromatic rings. The zero-order chi connectivity index (χ0) is 60.8. The van der Waals surface area contributed by atoms with Crippen LogP contribution in [0.1, 0.15) is 38.7 Å². The highest BCUT2D eigenvalue weighted by Crippen LogP contribution is 2.64. The first-order valence-electron chi connectivity index (χ1n) is 31.5. The maximum Gasteiger partial charge on any atom is 0.0746 e. The second-order valence-electron chi connectivity index (χ2n) is 19.7. The molecule has 0 fully saturated rings. The van der Waals surface area contributed by atoms with Gasteiger partial charge in [-0.25, -0.2) is 0 Å². The maximum absolute atomic E-state index is 9.91. The van der Waals surface area contributed by atoms with Crippen molar-refractivity contribution in [3.05, 3.63) is 289 Å². The molecule has 3 heterocycles. The summed E-state index contributed by atoms with van der Waals surface area (Å²) in [5, 5.41) is 6.58. The van der Waals surface area contributed by atoms with E-state index < -0.39 is 77.9 Å². The van der Waals surface area contributed by atoms with Crippen LogP contribution in [0.5, 0.6) is 0 Å². The maximum atomic E-state index is 9.91. The number of hydrogen-bond acceptors (Lipinski definition) is 3. The van der Waals surface area contributed by atoms with Crippen molar-refractivity contribution in [2.45, 2.75) is 5.41 Å². The van der Waals surface area contributed by atoms with Crippen LogP contribution in [-0.4, -0.2) is 4.57 Å². The summed E-state index contributed by atoms with van der Waals surface area (Å²) in [6.07, 6.45) is 0. The molecule has 0 saturated carbocycles. The fraction of sp³-hybridized carbons (Fsp3) is 0.0137. The third-order valence-corrected chi connectivity index (χ3v) is 18.4. The van der Waals surface area contributed by atoms with E-state index in [1.54, 1.807) is 34.8 Å². The summed E-state index contributed by atoms with van der Waals surface area (Å²) in [4.78, 5) is 2.22. The molecule has 0 aliphatic heterocycles. The number of rotatable bonds is 6. The molecule has 358 valence electrons. The summed E-state index contributed by atoms with van der Waals surface area (Å²) < 4.78 is 120. The van der Waals surface area contributed by atoms with E-state index in [1.807, 2.05) is 30.3 Å². The summed E-state index contributed by atoms with van der Waals surface area (Å²) in [5.41, 5.74) is 6.72. The summed E-state index contributed by atoms with van der Waals surface area (Å²) in [6, 6.07) is 60.2. The predicted molar refractivity (Wildman–Crippen MR) is 328 cm³/mol. The van der Waals surface area contributed by atoms with Gasteiger partial charge in [-0.15, -0.1) is 22.7 Å². The van der Waals surface area contributed by atoms with Crippen molar-refractivity contribution in [3.8, 4) is 50.2 Å². The fourth-order valence-electron chi connectivity index (χ4n) is 12.8. The Labute approximate surface area is 470 Å². The van der Waals surface area contributed by atoms with E-state index in [1.165, 1.54) is 40.3 Å². The largest absolute Gasteiger partial charge is 0.310 e. The van der Waals surface area contributed by atoms with Crippen molar-refractivity contribution in [1.82, 2.24) is 4.57 Å². The van der Waals surface area contributed by atoms with Gasteiger partial charge in [0.25, 0.3) is 0 Å². The molecular formula is C73H44N2S2. The van der Waals surface area contributed by atoms with Gasteiger partial charge < -0.3 is 9.47 Å². The minimum atomic E-state index is -2.15. The average molecular weight is 1030 g/mol. The highest BCUT2D eigenvalue weighted by molar-refractivity contribution is 7.26. The first-order chi connectivity index (χ1) is 43.2. The molecule has 0 radical (unpaired) electrons. The van der Waals surface area contributed by atoms with Crippen molar-refractivity contribution in [3.63, 3.8) is 0 Å². The Morgan fingerprint density at radius 1 is 0.351 bits per heavy atom. The summed E-state index contributed by atoms with van der Waals surface area (Å²) in [6.45, 7) is 0. The lowest BCUT2D eigenvalue weighted by atomic mass is 9.70. The zero-order valence-electron chi connectivity index (χ0n) is 52.7. The van der Waals surface area contributed by atoms with Crippen LogP contribution >= 0.6 is 22.7 Å². The Hall–Kier alpha value is -9.32. The Balaban J connectivity index is 0.930. The van der Waals surface area contributed by atoms with Crippen LogP contribution in [-0.2, 0) is 5.41 Å². The molecule has 0 amide bonds. The molecule has 77 heavy (non-hydrogen) atoms. The van der Waals surface area contributed by atoms with E-state index in [4.69, 9.17) is 4.11 Å². The van der Waals surface area contributed by atoms with Crippen LogP contribution in [0.3, 0.4) is 0 Å². The smallest absolute Gasteiger partial charge is 0.0746 e. The van der Waals surface area contributed by atoms with Gasteiger partial charge >= 0.3 is 0 Å². The van der Waals surface area contributed by atoms with Gasteiger partial charge in [0.05, 0.1) is 38.6 Å². The van der Waals surface area contributed by atoms with Gasteiger partial charge in [0.1, 0.15) is 0 Å². The quantitative estimate of drug-likeness (QED) is 0.161. The number of benzene rings is 12. The second kappa shape index (κ2) is 16.3. The highest BCUT2D eigenvalue weighted by atomic mass is 32.1. The van der Waals surface area contributed by atoms with Crippen LogP contribution in [0.15, 0.2) is 267 Å². The van der Waals surface area contributed by atoms with Gasteiger partial charge in [0, 0.05) is 73.7 Å². The Bertz CT molecular complexity index is 5440. The van der Waals surface area contributed by atoms with Gasteiger partial charge in [0.2, 0.25) is 0 Å². The molecule has 1 spiro atoms. The molecule has 4 heteroatoms. The van der Waals surface area contributed by atoms with Gasteiger partial charge in [-0.2, -0.15) is 0 Å². The lowest BCUT2D eigenvalue weighted by molar-refractivity contribution is 0.786. The third kappa shape index (κ3) is 6.00. The number of fused-ring (bicyclic) bond motifs is 19. The van der Waals surface area contributed by atoms with E-state index in [2.05, 4.69) is 161 Å². The van der Waals surface area contributed by atoms with Gasteiger partial charge in [-0.1, -0.05) is 206 Å². The number of nitrogens with zero attached hydrogens (tertiary/aromatic N) is 2. The predicted octanol–water partition coefficient (Wildman–Crippen LogP) is 20.7. The normalized spacial score (nSPS) is 15.2. The molecule has 2 nitrogen and oxygen atoms in total. The summed E-state index contributed by atoms with van der Waals surface area (Å²) in [7, 11) is 0. The first-order valence-corrected chi connectivity index (χ1v) is 27.1. The van der Waals surface area contributed by atoms with Crippen molar-refractivity contribution in [2.75, 3.05) is 4.90 Å². The Kier molecular flexibility index (Phi) is 6.98. The number of para-hydroxylation sites is 1. The number of aromatic nitrogens is 1. The third-order valence-electron chi connectivity index (χ3n) is 16.0. The molecule has 0 unspecified atom stereocenters. The SMILES string of the molecule is [2H]c1c([2H])c([2H])c2c(c1[2H])-c1cccc(-n3c4ccccc4c4ccc(N(c5ccc(-c6cccc7c6sc6ccccc67)cc5)c5ccc(-c6cccc7c6sc6ccccc67)cc5)cc43)c1C21c2c([2H])c([2H])c([2H])c([2H])c2-c2c([2H])c([2H])c([2H])c([2H])c21. The Morgan fingerprint density at radius 3 is 1.36 bits per heavy atom. The van der Waals surface area contributed by atoms with Crippen molar-refractivity contribution in [1.29, 1.82) is 0 Å².